The summed E-state index contributed by atoms with van der Waals surface area (Å²) >= 11 is 0. The van der Waals surface area contributed by atoms with Crippen molar-refractivity contribution in [1.29, 1.82) is 5.26 Å². The molecule has 0 saturated heterocycles. The molecule has 1 rings (SSSR count). The van der Waals surface area contributed by atoms with Gasteiger partial charge in [0.25, 0.3) is 0 Å². The van der Waals surface area contributed by atoms with E-state index in [0.717, 1.165) is 6.42 Å². The summed E-state index contributed by atoms with van der Waals surface area (Å²) in [4.78, 5) is 0. The topological polar surface area (TPSA) is 23.8 Å². The lowest BCUT2D eigenvalue weighted by atomic mass is 9.71. The predicted molar refractivity (Wildman–Crippen MR) is 50.6 cm³/mol. The third-order valence-electron chi connectivity index (χ3n) is 3.08. The molecule has 0 aromatic heterocycles. The molecular formula is C11H19N. The van der Waals surface area contributed by atoms with Crippen molar-refractivity contribution in [2.75, 3.05) is 0 Å². The molecular weight excluding hydrogens is 146 g/mol. The van der Waals surface area contributed by atoms with Crippen LogP contribution in [0.25, 0.3) is 0 Å². The molecule has 1 nitrogen and oxygen atoms in total. The number of rotatable bonds is 2. The molecule has 0 heterocycles. The molecule has 0 amide bonds. The van der Waals surface area contributed by atoms with Crippen LogP contribution in [-0.4, -0.2) is 0 Å². The first-order valence-electron chi connectivity index (χ1n) is 5.06. The summed E-state index contributed by atoms with van der Waals surface area (Å²) < 4.78 is 0. The Labute approximate surface area is 75.8 Å². The fourth-order valence-electron chi connectivity index (χ4n) is 2.39. The van der Waals surface area contributed by atoms with Crippen molar-refractivity contribution < 1.29 is 0 Å². The van der Waals surface area contributed by atoms with E-state index in [1.807, 2.05) is 6.92 Å². The highest BCUT2D eigenvalue weighted by Gasteiger charge is 2.28. The zero-order valence-electron chi connectivity index (χ0n) is 8.27. The van der Waals surface area contributed by atoms with E-state index in [4.69, 9.17) is 5.26 Å². The van der Waals surface area contributed by atoms with E-state index in [2.05, 4.69) is 13.0 Å². The monoisotopic (exact) mass is 165 g/mol. The van der Waals surface area contributed by atoms with Crippen LogP contribution in [0.15, 0.2) is 0 Å². The van der Waals surface area contributed by atoms with Gasteiger partial charge in [0.05, 0.1) is 6.07 Å². The third-order valence-corrected chi connectivity index (χ3v) is 3.08. The highest BCUT2D eigenvalue weighted by Crippen LogP contribution is 2.40. The van der Waals surface area contributed by atoms with Crippen LogP contribution in [0.3, 0.4) is 0 Å². The average molecular weight is 165 g/mol. The Kier molecular flexibility index (Phi) is 3.14. The van der Waals surface area contributed by atoms with Crippen molar-refractivity contribution in [3.8, 4) is 6.07 Å². The van der Waals surface area contributed by atoms with Gasteiger partial charge in [-0.25, -0.2) is 0 Å². The van der Waals surface area contributed by atoms with Gasteiger partial charge in [-0.15, -0.1) is 0 Å². The van der Waals surface area contributed by atoms with E-state index in [-0.39, 0.29) is 5.92 Å². The second kappa shape index (κ2) is 3.94. The van der Waals surface area contributed by atoms with Crippen LogP contribution in [0.1, 0.15) is 52.4 Å². The fourth-order valence-corrected chi connectivity index (χ4v) is 2.39. The smallest absolute Gasteiger partial charge is 0.0653 e. The number of hydrogen-bond donors (Lipinski definition) is 0. The van der Waals surface area contributed by atoms with Gasteiger partial charge in [-0.2, -0.15) is 5.26 Å². The largest absolute Gasteiger partial charge is 0.198 e. The standard InChI is InChI=1S/C11H19N/c1-10(9-12)8-11(2)6-4-3-5-7-11/h10H,3-8H2,1-2H3/t10-/m1/s1. The molecule has 0 unspecified atom stereocenters. The van der Waals surface area contributed by atoms with Crippen LogP contribution in [0.4, 0.5) is 0 Å². The SMILES string of the molecule is C[C@@H](C#N)CC1(C)CCCCC1. The van der Waals surface area contributed by atoms with E-state index in [0.29, 0.717) is 5.41 Å². The Morgan fingerprint density at radius 1 is 1.33 bits per heavy atom. The lowest BCUT2D eigenvalue weighted by Gasteiger charge is -2.34. The quantitative estimate of drug-likeness (QED) is 0.614. The van der Waals surface area contributed by atoms with Gasteiger partial charge in [0, 0.05) is 5.92 Å². The van der Waals surface area contributed by atoms with Gasteiger partial charge in [0.2, 0.25) is 0 Å². The molecule has 1 atom stereocenters. The Morgan fingerprint density at radius 3 is 2.42 bits per heavy atom. The van der Waals surface area contributed by atoms with Gasteiger partial charge in [-0.1, -0.05) is 26.2 Å². The molecule has 12 heavy (non-hydrogen) atoms. The summed E-state index contributed by atoms with van der Waals surface area (Å²) in [6.07, 6.45) is 7.90. The van der Waals surface area contributed by atoms with Gasteiger partial charge in [0.1, 0.15) is 0 Å². The van der Waals surface area contributed by atoms with Gasteiger partial charge in [0.15, 0.2) is 0 Å². The van der Waals surface area contributed by atoms with Crippen molar-refractivity contribution in [1.82, 2.24) is 0 Å². The molecule has 0 aromatic rings. The van der Waals surface area contributed by atoms with Crippen LogP contribution < -0.4 is 0 Å². The molecule has 68 valence electrons. The lowest BCUT2D eigenvalue weighted by molar-refractivity contribution is 0.183. The van der Waals surface area contributed by atoms with Crippen LogP contribution in [0, 0.1) is 22.7 Å². The van der Waals surface area contributed by atoms with E-state index in [1.165, 1.54) is 32.1 Å². The summed E-state index contributed by atoms with van der Waals surface area (Å²) in [6.45, 7) is 4.39. The van der Waals surface area contributed by atoms with Crippen molar-refractivity contribution in [2.45, 2.75) is 52.4 Å². The number of nitrogens with zero attached hydrogens (tertiary/aromatic N) is 1. The van der Waals surface area contributed by atoms with E-state index in [9.17, 15) is 0 Å². The minimum Gasteiger partial charge on any atom is -0.198 e. The van der Waals surface area contributed by atoms with Crippen molar-refractivity contribution >= 4 is 0 Å². The maximum atomic E-state index is 8.73. The normalized spacial score (nSPS) is 24.4. The van der Waals surface area contributed by atoms with Gasteiger partial charge >= 0.3 is 0 Å². The molecule has 0 radical (unpaired) electrons. The second-order valence-corrected chi connectivity index (χ2v) is 4.61. The Balaban J connectivity index is 2.42. The summed E-state index contributed by atoms with van der Waals surface area (Å²) in [7, 11) is 0. The van der Waals surface area contributed by atoms with Gasteiger partial charge < -0.3 is 0 Å². The molecule has 1 saturated carbocycles. The Bertz CT molecular complexity index is 172. The molecule has 0 N–H and O–H groups in total. The molecule has 1 heteroatoms. The first-order chi connectivity index (χ1) is 5.66. The summed E-state index contributed by atoms with van der Waals surface area (Å²) in [5.74, 6) is 0.244. The summed E-state index contributed by atoms with van der Waals surface area (Å²) in [5.41, 5.74) is 0.480. The molecule has 1 fully saturated rings. The second-order valence-electron chi connectivity index (χ2n) is 4.61. The third kappa shape index (κ3) is 2.52. The number of nitriles is 1. The van der Waals surface area contributed by atoms with Gasteiger partial charge in [-0.05, 0) is 31.6 Å². The fraction of sp³-hybridized carbons (Fsp3) is 0.909. The summed E-state index contributed by atoms with van der Waals surface area (Å²) in [5, 5.41) is 8.73. The minimum absolute atomic E-state index is 0.244. The lowest BCUT2D eigenvalue weighted by Crippen LogP contribution is -2.22. The first-order valence-corrected chi connectivity index (χ1v) is 5.06. The highest BCUT2D eigenvalue weighted by atomic mass is 14.3. The van der Waals surface area contributed by atoms with Crippen LogP contribution in [0.5, 0.6) is 0 Å². The average Bonchev–Trinajstić information content (AvgIpc) is 2.05. The van der Waals surface area contributed by atoms with Crippen LogP contribution in [-0.2, 0) is 0 Å². The van der Waals surface area contributed by atoms with Crippen molar-refractivity contribution in [3.05, 3.63) is 0 Å². The zero-order chi connectivity index (χ0) is 9.03. The molecule has 0 aliphatic heterocycles. The number of hydrogen-bond acceptors (Lipinski definition) is 1. The van der Waals surface area contributed by atoms with Gasteiger partial charge in [-0.3, -0.25) is 0 Å². The molecule has 0 aromatic carbocycles. The maximum Gasteiger partial charge on any atom is 0.0653 e. The van der Waals surface area contributed by atoms with Crippen molar-refractivity contribution in [2.24, 2.45) is 11.3 Å². The zero-order valence-corrected chi connectivity index (χ0v) is 8.27. The molecule has 0 bridgehead atoms. The first kappa shape index (κ1) is 9.58. The Morgan fingerprint density at radius 2 is 1.92 bits per heavy atom. The van der Waals surface area contributed by atoms with Crippen molar-refractivity contribution in [3.63, 3.8) is 0 Å². The minimum atomic E-state index is 0.244. The van der Waals surface area contributed by atoms with E-state index < -0.39 is 0 Å². The predicted octanol–water partition coefficient (Wildman–Crippen LogP) is 3.51. The highest BCUT2D eigenvalue weighted by molar-refractivity contribution is 4.87. The van der Waals surface area contributed by atoms with Crippen LogP contribution in [0.2, 0.25) is 0 Å². The van der Waals surface area contributed by atoms with E-state index >= 15 is 0 Å². The molecule has 1 aliphatic carbocycles. The maximum absolute atomic E-state index is 8.73. The Hall–Kier alpha value is -0.510. The van der Waals surface area contributed by atoms with Crippen LogP contribution >= 0.6 is 0 Å². The van der Waals surface area contributed by atoms with E-state index in [1.54, 1.807) is 0 Å². The molecule has 0 spiro atoms. The molecule has 1 aliphatic rings. The summed E-state index contributed by atoms with van der Waals surface area (Å²) in [6, 6.07) is 2.34.